The van der Waals surface area contributed by atoms with Gasteiger partial charge in [-0.3, -0.25) is 4.79 Å². The third-order valence-corrected chi connectivity index (χ3v) is 3.98. The van der Waals surface area contributed by atoms with Gasteiger partial charge in [0, 0.05) is 30.6 Å². The van der Waals surface area contributed by atoms with Crippen molar-refractivity contribution in [1.82, 2.24) is 5.32 Å². The number of nitrogens with one attached hydrogen (secondary N) is 1. The highest BCUT2D eigenvalue weighted by Gasteiger charge is 2.39. The second-order valence-electron chi connectivity index (χ2n) is 5.46. The van der Waals surface area contributed by atoms with Crippen LogP contribution in [0.3, 0.4) is 0 Å². The number of nitrogen functional groups attached to an aromatic ring is 1. The number of nitrogens with two attached hydrogens (primary N) is 1. The van der Waals surface area contributed by atoms with Gasteiger partial charge in [0.2, 0.25) is 0 Å². The molecule has 2 atom stereocenters. The molecule has 0 saturated carbocycles. The van der Waals surface area contributed by atoms with Crippen LogP contribution in [0.25, 0.3) is 11.0 Å². The number of rotatable bonds is 3. The highest BCUT2D eigenvalue weighted by Crippen LogP contribution is 2.25. The molecule has 1 aliphatic rings. The van der Waals surface area contributed by atoms with E-state index in [-0.39, 0.29) is 24.3 Å². The van der Waals surface area contributed by atoms with Crippen LogP contribution in [0, 0.1) is 0 Å². The SMILES string of the molecule is CC1OCCC1(O)CNC(=O)c1cc2cc(N)ccc2o1. The van der Waals surface area contributed by atoms with Crippen LogP contribution >= 0.6 is 0 Å². The number of furan rings is 1. The first-order valence-electron chi connectivity index (χ1n) is 6.89. The molecule has 1 aliphatic heterocycles. The standard InChI is InChI=1S/C15H18N2O4/c1-9-15(19,4-5-20-9)8-17-14(18)13-7-10-6-11(16)2-3-12(10)21-13/h2-3,6-7,9,19H,4-5,8,16H2,1H3,(H,17,18). The fraction of sp³-hybridized carbons (Fsp3) is 0.400. The molecule has 4 N–H and O–H groups in total. The maximum atomic E-state index is 12.1. The number of ether oxygens (including phenoxy) is 1. The van der Waals surface area contributed by atoms with Crippen LogP contribution in [-0.4, -0.2) is 35.9 Å². The minimum atomic E-state index is -1.02. The van der Waals surface area contributed by atoms with Crippen molar-refractivity contribution in [2.75, 3.05) is 18.9 Å². The van der Waals surface area contributed by atoms with Crippen molar-refractivity contribution in [2.24, 2.45) is 0 Å². The van der Waals surface area contributed by atoms with Gasteiger partial charge in [-0.2, -0.15) is 0 Å². The number of carbonyl (C=O) groups is 1. The van der Waals surface area contributed by atoms with E-state index in [0.29, 0.717) is 24.3 Å². The van der Waals surface area contributed by atoms with Crippen LogP contribution < -0.4 is 11.1 Å². The molecular weight excluding hydrogens is 272 g/mol. The normalized spacial score (nSPS) is 25.3. The second kappa shape index (κ2) is 5.05. The minimum Gasteiger partial charge on any atom is -0.451 e. The molecule has 112 valence electrons. The Labute approximate surface area is 121 Å². The van der Waals surface area contributed by atoms with Gasteiger partial charge in [0.05, 0.1) is 6.10 Å². The van der Waals surface area contributed by atoms with Gasteiger partial charge >= 0.3 is 0 Å². The number of carbonyl (C=O) groups excluding carboxylic acids is 1. The van der Waals surface area contributed by atoms with Gasteiger partial charge in [-0.15, -0.1) is 0 Å². The number of benzene rings is 1. The van der Waals surface area contributed by atoms with Crippen molar-refractivity contribution in [1.29, 1.82) is 0 Å². The molecule has 1 fully saturated rings. The van der Waals surface area contributed by atoms with Crippen LogP contribution in [0.5, 0.6) is 0 Å². The third-order valence-electron chi connectivity index (χ3n) is 3.98. The largest absolute Gasteiger partial charge is 0.451 e. The molecule has 1 aromatic heterocycles. The summed E-state index contributed by atoms with van der Waals surface area (Å²) in [6.07, 6.45) is 0.207. The molecular formula is C15H18N2O4. The van der Waals surface area contributed by atoms with Gasteiger partial charge in [0.15, 0.2) is 5.76 Å². The second-order valence-corrected chi connectivity index (χ2v) is 5.46. The van der Waals surface area contributed by atoms with E-state index in [9.17, 15) is 9.90 Å². The van der Waals surface area contributed by atoms with E-state index in [4.69, 9.17) is 14.9 Å². The zero-order chi connectivity index (χ0) is 15.0. The summed E-state index contributed by atoms with van der Waals surface area (Å²) in [6, 6.07) is 6.82. The summed E-state index contributed by atoms with van der Waals surface area (Å²) in [4.78, 5) is 12.1. The molecule has 6 nitrogen and oxygen atoms in total. The Morgan fingerprint density at radius 2 is 2.33 bits per heavy atom. The molecule has 3 rings (SSSR count). The van der Waals surface area contributed by atoms with Crippen LogP contribution in [0.4, 0.5) is 5.69 Å². The average Bonchev–Trinajstić information content (AvgIpc) is 3.01. The number of anilines is 1. The Balaban J connectivity index is 1.72. The number of amides is 1. The summed E-state index contributed by atoms with van der Waals surface area (Å²) in [5.74, 6) is -0.164. The van der Waals surface area contributed by atoms with Crippen molar-refractivity contribution in [3.05, 3.63) is 30.0 Å². The van der Waals surface area contributed by atoms with Crippen molar-refractivity contribution in [2.45, 2.75) is 25.0 Å². The zero-order valence-corrected chi connectivity index (χ0v) is 11.8. The number of aliphatic hydroxyl groups is 1. The summed E-state index contributed by atoms with van der Waals surface area (Å²) in [5, 5.41) is 13.8. The fourth-order valence-corrected chi connectivity index (χ4v) is 2.50. The van der Waals surface area contributed by atoms with Gasteiger partial charge in [0.25, 0.3) is 5.91 Å². The lowest BCUT2D eigenvalue weighted by Gasteiger charge is -2.25. The zero-order valence-electron chi connectivity index (χ0n) is 11.8. The quantitative estimate of drug-likeness (QED) is 0.740. The number of fused-ring (bicyclic) bond motifs is 1. The van der Waals surface area contributed by atoms with E-state index in [0.717, 1.165) is 5.39 Å². The molecule has 1 aromatic carbocycles. The molecule has 0 spiro atoms. The first kappa shape index (κ1) is 13.9. The lowest BCUT2D eigenvalue weighted by molar-refractivity contribution is -0.0252. The van der Waals surface area contributed by atoms with Gasteiger partial charge < -0.3 is 25.3 Å². The van der Waals surface area contributed by atoms with E-state index in [2.05, 4.69) is 5.32 Å². The Morgan fingerprint density at radius 3 is 3.05 bits per heavy atom. The lowest BCUT2D eigenvalue weighted by Crippen LogP contribution is -2.47. The Kier molecular flexibility index (Phi) is 3.35. The topological polar surface area (TPSA) is 97.7 Å². The van der Waals surface area contributed by atoms with E-state index in [1.54, 1.807) is 31.2 Å². The Morgan fingerprint density at radius 1 is 1.52 bits per heavy atom. The molecule has 2 heterocycles. The van der Waals surface area contributed by atoms with E-state index in [1.165, 1.54) is 0 Å². The minimum absolute atomic E-state index is 0.131. The monoisotopic (exact) mass is 290 g/mol. The Hall–Kier alpha value is -2.05. The molecule has 0 radical (unpaired) electrons. The van der Waals surface area contributed by atoms with Crippen molar-refractivity contribution in [3.8, 4) is 0 Å². The predicted octanol–water partition coefficient (Wildman–Crippen LogP) is 1.28. The predicted molar refractivity (Wildman–Crippen MR) is 77.9 cm³/mol. The summed E-state index contributed by atoms with van der Waals surface area (Å²) >= 11 is 0. The molecule has 1 amide bonds. The third kappa shape index (κ3) is 2.59. The molecule has 2 unspecified atom stereocenters. The average molecular weight is 290 g/mol. The van der Waals surface area contributed by atoms with Crippen LogP contribution in [0.15, 0.2) is 28.7 Å². The van der Waals surface area contributed by atoms with Crippen LogP contribution in [-0.2, 0) is 4.74 Å². The van der Waals surface area contributed by atoms with Crippen LogP contribution in [0.1, 0.15) is 23.9 Å². The fourth-order valence-electron chi connectivity index (χ4n) is 2.50. The Bertz CT molecular complexity index is 681. The maximum absolute atomic E-state index is 12.1. The maximum Gasteiger partial charge on any atom is 0.287 e. The molecule has 0 aliphatic carbocycles. The highest BCUT2D eigenvalue weighted by atomic mass is 16.5. The van der Waals surface area contributed by atoms with E-state index >= 15 is 0 Å². The molecule has 6 heteroatoms. The van der Waals surface area contributed by atoms with Crippen LogP contribution in [0.2, 0.25) is 0 Å². The first-order valence-corrected chi connectivity index (χ1v) is 6.89. The number of hydrogen-bond donors (Lipinski definition) is 3. The van der Waals surface area contributed by atoms with E-state index < -0.39 is 5.60 Å². The lowest BCUT2D eigenvalue weighted by atomic mass is 9.97. The summed E-state index contributed by atoms with van der Waals surface area (Å²) in [6.45, 7) is 2.42. The van der Waals surface area contributed by atoms with Crippen molar-refractivity contribution < 1.29 is 19.1 Å². The summed E-state index contributed by atoms with van der Waals surface area (Å²) < 4.78 is 10.8. The van der Waals surface area contributed by atoms with Gasteiger partial charge in [-0.25, -0.2) is 0 Å². The smallest absolute Gasteiger partial charge is 0.287 e. The number of hydrogen-bond acceptors (Lipinski definition) is 5. The van der Waals surface area contributed by atoms with Gasteiger partial charge in [-0.05, 0) is 31.2 Å². The summed E-state index contributed by atoms with van der Waals surface area (Å²) in [7, 11) is 0. The molecule has 2 aromatic rings. The molecule has 21 heavy (non-hydrogen) atoms. The van der Waals surface area contributed by atoms with Gasteiger partial charge in [0.1, 0.15) is 11.2 Å². The summed E-state index contributed by atoms with van der Waals surface area (Å²) in [5.41, 5.74) is 5.89. The first-order chi connectivity index (χ1) is 9.98. The molecule has 0 bridgehead atoms. The van der Waals surface area contributed by atoms with Crippen molar-refractivity contribution >= 4 is 22.6 Å². The highest BCUT2D eigenvalue weighted by molar-refractivity contribution is 5.96. The van der Waals surface area contributed by atoms with E-state index in [1.807, 2.05) is 0 Å². The van der Waals surface area contributed by atoms with Crippen molar-refractivity contribution in [3.63, 3.8) is 0 Å². The van der Waals surface area contributed by atoms with Gasteiger partial charge in [-0.1, -0.05) is 0 Å². The molecule has 1 saturated heterocycles.